The van der Waals surface area contributed by atoms with Crippen molar-refractivity contribution in [1.82, 2.24) is 5.32 Å². The van der Waals surface area contributed by atoms with Crippen molar-refractivity contribution in [3.63, 3.8) is 0 Å². The van der Waals surface area contributed by atoms with Crippen LogP contribution in [0.4, 0.5) is 0 Å². The molecule has 0 aromatic rings. The predicted octanol–water partition coefficient (Wildman–Crippen LogP) is -1.94. The summed E-state index contributed by atoms with van der Waals surface area (Å²) in [6.45, 7) is 1.01. The van der Waals surface area contributed by atoms with Crippen LogP contribution in [0.1, 0.15) is 6.42 Å². The Hall–Kier alpha value is -0.160. The molecule has 4 heteroatoms. The number of aliphatic hydroxyl groups excluding tert-OH is 3. The minimum atomic E-state index is -0.991. The van der Waals surface area contributed by atoms with Crippen molar-refractivity contribution >= 4 is 0 Å². The predicted molar refractivity (Wildman–Crippen MR) is 35.5 cm³/mol. The van der Waals surface area contributed by atoms with Crippen molar-refractivity contribution in [2.24, 2.45) is 0 Å². The van der Waals surface area contributed by atoms with E-state index in [1.54, 1.807) is 0 Å². The molecule has 0 radical (unpaired) electrons. The van der Waals surface area contributed by atoms with Crippen LogP contribution in [-0.2, 0) is 0 Å². The largest absolute Gasteiger partial charge is 0.390 e. The lowest BCUT2D eigenvalue weighted by Gasteiger charge is -2.17. The minimum absolute atomic E-state index is 0.359. The van der Waals surface area contributed by atoms with E-state index in [2.05, 4.69) is 5.32 Å². The average Bonchev–Trinajstić information content (AvgIpc) is 2.04. The average molecular weight is 147 g/mol. The summed E-state index contributed by atoms with van der Waals surface area (Å²) < 4.78 is 0. The molecule has 0 spiro atoms. The van der Waals surface area contributed by atoms with Crippen molar-refractivity contribution in [3.8, 4) is 0 Å². The zero-order valence-corrected chi connectivity index (χ0v) is 5.70. The molecule has 60 valence electrons. The van der Waals surface area contributed by atoms with Crippen LogP contribution in [0.25, 0.3) is 0 Å². The van der Waals surface area contributed by atoms with Crippen LogP contribution >= 0.6 is 0 Å². The van der Waals surface area contributed by atoms with Crippen molar-refractivity contribution in [3.05, 3.63) is 0 Å². The summed E-state index contributed by atoms with van der Waals surface area (Å²) in [4.78, 5) is 0. The molecule has 1 heterocycles. The molecule has 3 atom stereocenters. The van der Waals surface area contributed by atoms with E-state index in [-0.39, 0.29) is 0 Å². The summed E-state index contributed by atoms with van der Waals surface area (Å²) in [6.07, 6.45) is -2.12. The second-order valence-electron chi connectivity index (χ2n) is 2.62. The SMILES string of the molecule is O[C@H]1[C@H](O)CNCC[C@@H]1O. The van der Waals surface area contributed by atoms with Crippen LogP contribution in [0, 0.1) is 0 Å². The molecule has 0 aliphatic carbocycles. The minimum Gasteiger partial charge on any atom is -0.390 e. The maximum atomic E-state index is 9.09. The van der Waals surface area contributed by atoms with E-state index in [0.717, 1.165) is 0 Å². The van der Waals surface area contributed by atoms with E-state index in [9.17, 15) is 0 Å². The van der Waals surface area contributed by atoms with E-state index in [4.69, 9.17) is 15.3 Å². The lowest BCUT2D eigenvalue weighted by Crippen LogP contribution is -2.38. The smallest absolute Gasteiger partial charge is 0.107 e. The number of rotatable bonds is 0. The molecule has 0 unspecified atom stereocenters. The molecule has 1 rings (SSSR count). The van der Waals surface area contributed by atoms with Crippen LogP contribution < -0.4 is 5.32 Å². The van der Waals surface area contributed by atoms with Gasteiger partial charge in [0.15, 0.2) is 0 Å². The lowest BCUT2D eigenvalue weighted by atomic mass is 10.1. The normalized spacial score (nSPS) is 42.9. The fourth-order valence-electron chi connectivity index (χ4n) is 1.05. The summed E-state index contributed by atoms with van der Waals surface area (Å²) in [6, 6.07) is 0. The van der Waals surface area contributed by atoms with Gasteiger partial charge in [0.2, 0.25) is 0 Å². The number of β-amino-alcohol motifs (C(OH)–C–C–N with tert-alkyl or cyclic N) is 1. The maximum absolute atomic E-state index is 9.09. The zero-order valence-electron chi connectivity index (χ0n) is 5.70. The fourth-order valence-corrected chi connectivity index (χ4v) is 1.05. The third kappa shape index (κ3) is 1.67. The zero-order chi connectivity index (χ0) is 7.56. The maximum Gasteiger partial charge on any atom is 0.107 e. The first-order valence-corrected chi connectivity index (χ1v) is 3.46. The highest BCUT2D eigenvalue weighted by Gasteiger charge is 2.26. The highest BCUT2D eigenvalue weighted by Crippen LogP contribution is 2.05. The molecular formula is C6H13NO3. The van der Waals surface area contributed by atoms with E-state index in [1.165, 1.54) is 0 Å². The molecule has 0 bridgehead atoms. The van der Waals surface area contributed by atoms with Crippen LogP contribution in [-0.4, -0.2) is 46.7 Å². The van der Waals surface area contributed by atoms with Gasteiger partial charge < -0.3 is 20.6 Å². The van der Waals surface area contributed by atoms with Gasteiger partial charge in [0, 0.05) is 6.54 Å². The Morgan fingerprint density at radius 2 is 1.80 bits per heavy atom. The Labute approximate surface area is 59.5 Å². The molecule has 10 heavy (non-hydrogen) atoms. The lowest BCUT2D eigenvalue weighted by molar-refractivity contribution is -0.0503. The molecule has 4 nitrogen and oxygen atoms in total. The highest BCUT2D eigenvalue weighted by molar-refractivity contribution is 4.80. The van der Waals surface area contributed by atoms with Crippen molar-refractivity contribution in [2.45, 2.75) is 24.7 Å². The Bertz CT molecular complexity index is 97.2. The number of nitrogens with one attached hydrogen (secondary N) is 1. The van der Waals surface area contributed by atoms with Gasteiger partial charge in [0.05, 0.1) is 12.2 Å². The molecule has 4 N–H and O–H groups in total. The number of hydrogen-bond donors (Lipinski definition) is 4. The first-order chi connectivity index (χ1) is 4.72. The van der Waals surface area contributed by atoms with Gasteiger partial charge in [-0.15, -0.1) is 0 Å². The third-order valence-corrected chi connectivity index (χ3v) is 1.76. The summed E-state index contributed by atoms with van der Waals surface area (Å²) in [5.41, 5.74) is 0. The van der Waals surface area contributed by atoms with E-state index in [1.807, 2.05) is 0 Å². The monoisotopic (exact) mass is 147 g/mol. The second-order valence-corrected chi connectivity index (χ2v) is 2.62. The van der Waals surface area contributed by atoms with Gasteiger partial charge in [-0.3, -0.25) is 0 Å². The molecule has 0 amide bonds. The molecule has 1 aliphatic heterocycles. The molecule has 1 fully saturated rings. The van der Waals surface area contributed by atoms with Gasteiger partial charge in [-0.05, 0) is 13.0 Å². The van der Waals surface area contributed by atoms with Crippen molar-refractivity contribution in [2.75, 3.05) is 13.1 Å². The first kappa shape index (κ1) is 7.94. The van der Waals surface area contributed by atoms with E-state index in [0.29, 0.717) is 19.5 Å². The fraction of sp³-hybridized carbons (Fsp3) is 1.00. The van der Waals surface area contributed by atoms with Crippen molar-refractivity contribution < 1.29 is 15.3 Å². The van der Waals surface area contributed by atoms with Gasteiger partial charge >= 0.3 is 0 Å². The van der Waals surface area contributed by atoms with Gasteiger partial charge in [-0.25, -0.2) is 0 Å². The summed E-state index contributed by atoms with van der Waals surface area (Å²) >= 11 is 0. The molecule has 0 aromatic carbocycles. The highest BCUT2D eigenvalue weighted by atomic mass is 16.4. The second kappa shape index (κ2) is 3.30. The van der Waals surface area contributed by atoms with Crippen LogP contribution in [0.2, 0.25) is 0 Å². The Morgan fingerprint density at radius 3 is 2.50 bits per heavy atom. The number of hydrogen-bond acceptors (Lipinski definition) is 4. The van der Waals surface area contributed by atoms with Gasteiger partial charge in [0.1, 0.15) is 6.10 Å². The number of aliphatic hydroxyl groups is 3. The Kier molecular flexibility index (Phi) is 2.62. The van der Waals surface area contributed by atoms with Crippen LogP contribution in [0.3, 0.4) is 0 Å². The van der Waals surface area contributed by atoms with Gasteiger partial charge in [-0.1, -0.05) is 0 Å². The molecular weight excluding hydrogens is 134 g/mol. The molecule has 1 saturated heterocycles. The van der Waals surface area contributed by atoms with Crippen LogP contribution in [0.15, 0.2) is 0 Å². The molecule has 0 aromatic heterocycles. The Balaban J connectivity index is 2.46. The quantitative estimate of drug-likeness (QED) is 0.322. The summed E-state index contributed by atoms with van der Waals surface area (Å²) in [5, 5.41) is 30.1. The third-order valence-electron chi connectivity index (χ3n) is 1.76. The molecule has 0 saturated carbocycles. The van der Waals surface area contributed by atoms with Crippen LogP contribution in [0.5, 0.6) is 0 Å². The topological polar surface area (TPSA) is 72.7 Å². The van der Waals surface area contributed by atoms with Gasteiger partial charge in [0.25, 0.3) is 0 Å². The van der Waals surface area contributed by atoms with E-state index < -0.39 is 18.3 Å². The summed E-state index contributed by atoms with van der Waals surface area (Å²) in [5.74, 6) is 0. The van der Waals surface area contributed by atoms with E-state index >= 15 is 0 Å². The summed E-state index contributed by atoms with van der Waals surface area (Å²) in [7, 11) is 0. The molecule has 1 aliphatic rings. The first-order valence-electron chi connectivity index (χ1n) is 3.46. The Morgan fingerprint density at radius 1 is 1.10 bits per heavy atom. The van der Waals surface area contributed by atoms with Crippen molar-refractivity contribution in [1.29, 1.82) is 0 Å². The standard InChI is InChI=1S/C6H13NO3/c8-4-1-2-7-3-5(9)6(4)10/h4-10H,1-3H2/t4-,5+,6+/m0/s1. The van der Waals surface area contributed by atoms with Gasteiger partial charge in [-0.2, -0.15) is 0 Å².